The topological polar surface area (TPSA) is 217 Å². The Bertz CT molecular complexity index is 1850. The van der Waals surface area contributed by atoms with Crippen molar-refractivity contribution in [3.8, 4) is 0 Å². The van der Waals surface area contributed by atoms with Crippen molar-refractivity contribution in [2.45, 2.75) is 56.7 Å². The number of β-lactam (4-membered cyclic amide) rings is 1. The van der Waals surface area contributed by atoms with Gasteiger partial charge in [0.05, 0.1) is 34.0 Å². The summed E-state index contributed by atoms with van der Waals surface area (Å²) >= 11 is 1.33. The molecule has 3 saturated heterocycles. The van der Waals surface area contributed by atoms with Crippen LogP contribution in [0.5, 0.6) is 0 Å². The zero-order valence-corrected chi connectivity index (χ0v) is 30.1. The number of thioether (sulfide) groups is 1. The van der Waals surface area contributed by atoms with Crippen molar-refractivity contribution in [2.75, 3.05) is 39.8 Å². The van der Waals surface area contributed by atoms with E-state index in [-0.39, 0.29) is 67.4 Å². The third-order valence-corrected chi connectivity index (χ3v) is 12.2. The Hall–Kier alpha value is -5.07. The number of benzene rings is 2. The Morgan fingerprint density at radius 1 is 0.962 bits per heavy atom. The number of carboxylic acid groups (broad SMARTS) is 1. The van der Waals surface area contributed by atoms with Crippen LogP contribution in [-0.4, -0.2) is 127 Å². The van der Waals surface area contributed by atoms with Crippen molar-refractivity contribution in [1.29, 1.82) is 0 Å². The summed E-state index contributed by atoms with van der Waals surface area (Å²) in [5, 5.41) is 42.9. The summed E-state index contributed by atoms with van der Waals surface area (Å²) < 4.78 is 5.39. The molecule has 2 N–H and O–H groups in total. The number of rotatable bonds is 11. The van der Waals surface area contributed by atoms with Gasteiger partial charge in [-0.25, -0.2) is 9.59 Å². The van der Waals surface area contributed by atoms with Crippen LogP contribution in [0.4, 0.5) is 16.2 Å². The maximum atomic E-state index is 13.8. The lowest BCUT2D eigenvalue weighted by Gasteiger charge is -2.51. The molecular weight excluding hydrogens is 712 g/mol. The second-order valence-electron chi connectivity index (χ2n) is 14.1. The predicted molar refractivity (Wildman–Crippen MR) is 189 cm³/mol. The molecule has 4 heterocycles. The van der Waals surface area contributed by atoms with E-state index in [4.69, 9.17) is 4.74 Å². The third kappa shape index (κ3) is 7.17. The number of carboxylic acids is 1. The molecule has 3 amide bonds. The van der Waals surface area contributed by atoms with E-state index in [1.54, 1.807) is 17.0 Å². The number of ether oxygens (including phenoxy) is 1. The van der Waals surface area contributed by atoms with Crippen molar-refractivity contribution >= 4 is 47.0 Å². The van der Waals surface area contributed by atoms with E-state index in [0.717, 1.165) is 0 Å². The minimum Gasteiger partial charge on any atom is -0.477 e. The van der Waals surface area contributed by atoms with E-state index in [1.807, 2.05) is 18.9 Å². The van der Waals surface area contributed by atoms with E-state index in [9.17, 15) is 49.6 Å². The molecule has 282 valence electrons. The molecule has 18 heteroatoms. The van der Waals surface area contributed by atoms with Crippen LogP contribution in [0, 0.1) is 31.6 Å². The molecule has 0 aliphatic carbocycles. The number of nitrogens with zero attached hydrogens (tertiary/aromatic N) is 6. The fraction of sp³-hybridized carbons (Fsp3) is 0.486. The van der Waals surface area contributed by atoms with Gasteiger partial charge in [0.25, 0.3) is 11.4 Å². The summed E-state index contributed by atoms with van der Waals surface area (Å²) in [4.78, 5) is 80.6. The average molecular weight is 753 g/mol. The lowest BCUT2D eigenvalue weighted by atomic mass is 9.67. The van der Waals surface area contributed by atoms with Gasteiger partial charge < -0.3 is 29.6 Å². The molecule has 4 aliphatic rings. The van der Waals surface area contributed by atoms with Gasteiger partial charge in [-0.2, -0.15) is 0 Å². The second kappa shape index (κ2) is 14.7. The Morgan fingerprint density at radius 2 is 1.51 bits per heavy atom. The first-order valence-electron chi connectivity index (χ1n) is 17.1. The standard InChI is InChI=1S/C35H40N6O11S/c1-20(42)27-29-35(2,17-21-4-8-23(9-5-21)40(48)49)30(28(33(45)46)39(29)32(27)44)53-25-16-26(36(3)18-25)31(43)37-12-14-38(15-13-37)34(47)52-19-22-6-10-24(11-7-22)41(50)51/h4-11,20,25-27,29,42H,12-19H2,1-3H3,(H,45,46)/t20-,25+,26+,27-,29+,35-/m1/s1. The van der Waals surface area contributed by atoms with Gasteiger partial charge in [0.2, 0.25) is 11.8 Å². The highest BCUT2D eigenvalue weighted by Gasteiger charge is 2.66. The molecule has 0 spiro atoms. The number of carbonyl (C=O) groups is 4. The van der Waals surface area contributed by atoms with Gasteiger partial charge in [-0.1, -0.05) is 19.1 Å². The number of likely N-dealkylation sites (tertiary alicyclic amines) is 1. The number of aliphatic carboxylic acids is 1. The third-order valence-electron chi connectivity index (χ3n) is 10.6. The van der Waals surface area contributed by atoms with E-state index >= 15 is 0 Å². The van der Waals surface area contributed by atoms with Crippen LogP contribution >= 0.6 is 11.8 Å². The Balaban J connectivity index is 1.12. The number of carbonyl (C=O) groups excluding carboxylic acids is 3. The van der Waals surface area contributed by atoms with E-state index in [0.29, 0.717) is 29.0 Å². The number of amides is 3. The number of hydrogen-bond donors (Lipinski definition) is 2. The molecule has 0 unspecified atom stereocenters. The summed E-state index contributed by atoms with van der Waals surface area (Å²) in [6, 6.07) is 10.5. The average Bonchev–Trinajstić information content (AvgIpc) is 3.59. The number of nitro benzene ring substituents is 2. The molecule has 2 aromatic carbocycles. The monoisotopic (exact) mass is 752 g/mol. The van der Waals surface area contributed by atoms with Gasteiger partial charge in [0, 0.05) is 72.6 Å². The second-order valence-corrected chi connectivity index (χ2v) is 15.5. The normalized spacial score (nSPS) is 26.3. The molecule has 3 fully saturated rings. The minimum absolute atomic E-state index is 0.0544. The van der Waals surface area contributed by atoms with Gasteiger partial charge >= 0.3 is 12.1 Å². The summed E-state index contributed by atoms with van der Waals surface area (Å²) in [5.41, 5.74) is 0.0650. The van der Waals surface area contributed by atoms with Gasteiger partial charge in [-0.3, -0.25) is 34.7 Å². The van der Waals surface area contributed by atoms with Crippen LogP contribution in [0.15, 0.2) is 59.1 Å². The summed E-state index contributed by atoms with van der Waals surface area (Å²) in [6.07, 6.45) is -0.925. The van der Waals surface area contributed by atoms with Gasteiger partial charge in [0.15, 0.2) is 0 Å². The Labute approximate surface area is 308 Å². The number of likely N-dealkylation sites (N-methyl/N-ethyl adjacent to an activating group) is 1. The van der Waals surface area contributed by atoms with Crippen LogP contribution in [0.25, 0.3) is 0 Å². The highest BCUT2D eigenvalue weighted by molar-refractivity contribution is 8.03. The molecule has 6 atom stereocenters. The first kappa shape index (κ1) is 37.7. The molecule has 6 rings (SSSR count). The van der Waals surface area contributed by atoms with E-state index in [2.05, 4.69) is 0 Å². The van der Waals surface area contributed by atoms with Crippen LogP contribution in [0.3, 0.4) is 0 Å². The molecule has 53 heavy (non-hydrogen) atoms. The molecule has 0 radical (unpaired) electrons. The Morgan fingerprint density at radius 3 is 2.04 bits per heavy atom. The molecule has 0 aromatic heterocycles. The van der Waals surface area contributed by atoms with Crippen molar-refractivity contribution in [1.82, 2.24) is 19.6 Å². The highest BCUT2D eigenvalue weighted by atomic mass is 32.2. The van der Waals surface area contributed by atoms with Gasteiger partial charge in [-0.05, 0) is 50.1 Å². The SMILES string of the molecule is C[C@@H](O)[C@H]1C(=O)N2C(C(=O)O)=C(S[C@H]3C[C@@H](C(=O)N4CCN(C(=O)OCc5ccc([N+](=O)[O-])cc5)CC4)N(C)C3)[C@](C)(Cc3ccc([N+](=O)[O-])cc3)[C@H]12. The number of nitro groups is 2. The van der Waals surface area contributed by atoms with Crippen LogP contribution in [-0.2, 0) is 32.1 Å². The number of piperazine rings is 1. The van der Waals surface area contributed by atoms with Gasteiger partial charge in [0.1, 0.15) is 12.3 Å². The maximum Gasteiger partial charge on any atom is 0.410 e. The van der Waals surface area contributed by atoms with Crippen molar-refractivity contribution in [2.24, 2.45) is 11.3 Å². The molecule has 4 aliphatic heterocycles. The zero-order chi connectivity index (χ0) is 38.4. The fourth-order valence-electron chi connectivity index (χ4n) is 7.92. The van der Waals surface area contributed by atoms with Crippen LogP contribution in [0.2, 0.25) is 0 Å². The Kier molecular flexibility index (Phi) is 10.5. The lowest BCUT2D eigenvalue weighted by Crippen LogP contribution is -2.66. The number of aliphatic hydroxyl groups is 1. The summed E-state index contributed by atoms with van der Waals surface area (Å²) in [7, 11) is 1.83. The summed E-state index contributed by atoms with van der Waals surface area (Å²) in [6.45, 7) is 4.85. The number of aliphatic hydroxyl groups excluding tert-OH is 1. The largest absolute Gasteiger partial charge is 0.477 e. The van der Waals surface area contributed by atoms with Crippen LogP contribution in [0.1, 0.15) is 31.4 Å². The first-order valence-corrected chi connectivity index (χ1v) is 18.0. The number of non-ortho nitro benzene ring substituents is 2. The van der Waals surface area contributed by atoms with Crippen LogP contribution < -0.4 is 0 Å². The van der Waals surface area contributed by atoms with Gasteiger partial charge in [-0.15, -0.1) is 11.8 Å². The highest BCUT2D eigenvalue weighted by Crippen LogP contribution is 2.60. The van der Waals surface area contributed by atoms with Crippen molar-refractivity contribution in [3.05, 3.63) is 90.5 Å². The summed E-state index contributed by atoms with van der Waals surface area (Å²) in [5.74, 6) is -2.69. The first-order chi connectivity index (χ1) is 25.1. The van der Waals surface area contributed by atoms with E-state index < -0.39 is 57.3 Å². The zero-order valence-electron chi connectivity index (χ0n) is 29.3. The fourth-order valence-corrected chi connectivity index (χ4v) is 9.61. The molecular formula is C35H40N6O11S. The smallest absolute Gasteiger partial charge is 0.410 e. The maximum absolute atomic E-state index is 13.8. The quantitative estimate of drug-likeness (QED) is 0.192. The molecule has 0 saturated carbocycles. The molecule has 2 aromatic rings. The predicted octanol–water partition coefficient (Wildman–Crippen LogP) is 2.86. The molecule has 17 nitrogen and oxygen atoms in total. The minimum atomic E-state index is -1.27. The lowest BCUT2D eigenvalue weighted by molar-refractivity contribution is -0.385. The number of fused-ring (bicyclic) bond motifs is 1. The van der Waals surface area contributed by atoms with E-state index in [1.165, 1.54) is 64.9 Å². The van der Waals surface area contributed by atoms with Crippen molar-refractivity contribution < 1.29 is 44.0 Å². The molecule has 0 bridgehead atoms. The van der Waals surface area contributed by atoms with Crippen molar-refractivity contribution in [3.63, 3.8) is 0 Å². The number of hydrogen-bond acceptors (Lipinski definition) is 12.